The van der Waals surface area contributed by atoms with E-state index in [1.165, 1.54) is 32.2 Å². The van der Waals surface area contributed by atoms with Crippen LogP contribution in [-0.2, 0) is 4.74 Å². The molecule has 0 saturated carbocycles. The average molecular weight is 240 g/mol. The van der Waals surface area contributed by atoms with Crippen molar-refractivity contribution in [2.75, 3.05) is 26.2 Å². The number of fused-ring (bicyclic) bond motifs is 2. The summed E-state index contributed by atoms with van der Waals surface area (Å²) >= 11 is 0. The molecule has 2 fully saturated rings. The molecular weight excluding hydrogens is 212 g/mol. The van der Waals surface area contributed by atoms with Crippen LogP contribution in [0.4, 0.5) is 0 Å². The number of likely N-dealkylation sites (tertiary alicyclic amines) is 1. The number of nitrogens with zero attached hydrogens (tertiary/aromatic N) is 1. The van der Waals surface area contributed by atoms with Crippen molar-refractivity contribution in [2.24, 2.45) is 11.1 Å². The molecule has 2 unspecified atom stereocenters. The Morgan fingerprint density at radius 3 is 2.41 bits per heavy atom. The number of morpholine rings is 1. The molecule has 3 heteroatoms. The van der Waals surface area contributed by atoms with Crippen LogP contribution in [0, 0.1) is 5.41 Å². The molecule has 0 aromatic carbocycles. The third-order valence-corrected chi connectivity index (χ3v) is 4.27. The molecule has 100 valence electrons. The van der Waals surface area contributed by atoms with Crippen LogP contribution in [0.1, 0.15) is 46.0 Å². The fourth-order valence-electron chi connectivity index (χ4n) is 3.18. The quantitative estimate of drug-likeness (QED) is 0.772. The molecule has 0 aliphatic carbocycles. The first-order chi connectivity index (χ1) is 8.09. The minimum absolute atomic E-state index is 0.417. The van der Waals surface area contributed by atoms with E-state index in [2.05, 4.69) is 18.7 Å². The lowest BCUT2D eigenvalue weighted by Gasteiger charge is -2.33. The van der Waals surface area contributed by atoms with Crippen molar-refractivity contribution in [1.29, 1.82) is 0 Å². The van der Waals surface area contributed by atoms with Crippen molar-refractivity contribution in [2.45, 2.75) is 58.2 Å². The molecule has 0 aromatic rings. The van der Waals surface area contributed by atoms with E-state index in [0.29, 0.717) is 17.6 Å². The molecule has 2 N–H and O–H groups in total. The van der Waals surface area contributed by atoms with E-state index in [4.69, 9.17) is 10.5 Å². The summed E-state index contributed by atoms with van der Waals surface area (Å²) in [6.45, 7) is 9.05. The molecule has 2 rings (SSSR count). The van der Waals surface area contributed by atoms with Crippen molar-refractivity contribution < 1.29 is 4.74 Å². The largest absolute Gasteiger partial charge is 0.372 e. The maximum atomic E-state index is 5.86. The number of ether oxygens (including phenoxy) is 1. The van der Waals surface area contributed by atoms with Crippen LogP contribution >= 0.6 is 0 Å². The summed E-state index contributed by atoms with van der Waals surface area (Å²) < 4.78 is 5.86. The van der Waals surface area contributed by atoms with Gasteiger partial charge in [-0.05, 0) is 50.6 Å². The first-order valence-electron chi connectivity index (χ1n) is 7.17. The third-order valence-electron chi connectivity index (χ3n) is 4.27. The highest BCUT2D eigenvalue weighted by Crippen LogP contribution is 2.28. The lowest BCUT2D eigenvalue weighted by molar-refractivity contribution is -0.0391. The lowest BCUT2D eigenvalue weighted by Crippen LogP contribution is -2.43. The first-order valence-corrected chi connectivity index (χ1v) is 7.17. The highest BCUT2D eigenvalue weighted by Gasteiger charge is 2.33. The molecular formula is C14H28N2O. The summed E-state index contributed by atoms with van der Waals surface area (Å²) in [5.41, 5.74) is 6.06. The van der Waals surface area contributed by atoms with E-state index >= 15 is 0 Å². The summed E-state index contributed by atoms with van der Waals surface area (Å²) in [4.78, 5) is 2.60. The Bertz CT molecular complexity index is 230. The average Bonchev–Trinajstić information content (AvgIpc) is 2.58. The van der Waals surface area contributed by atoms with Gasteiger partial charge in [0, 0.05) is 13.1 Å². The van der Waals surface area contributed by atoms with Gasteiger partial charge in [0.25, 0.3) is 0 Å². The van der Waals surface area contributed by atoms with Crippen molar-refractivity contribution in [3.63, 3.8) is 0 Å². The molecule has 17 heavy (non-hydrogen) atoms. The van der Waals surface area contributed by atoms with E-state index in [-0.39, 0.29) is 0 Å². The van der Waals surface area contributed by atoms with Gasteiger partial charge in [-0.3, -0.25) is 4.90 Å². The Kier molecular flexibility index (Phi) is 4.45. The second-order valence-electron chi connectivity index (χ2n) is 6.52. The topological polar surface area (TPSA) is 38.5 Å². The third kappa shape index (κ3) is 3.94. The molecule has 2 bridgehead atoms. The highest BCUT2D eigenvalue weighted by atomic mass is 16.5. The van der Waals surface area contributed by atoms with Crippen molar-refractivity contribution in [3.05, 3.63) is 0 Å². The fraction of sp³-hybridized carbons (Fsp3) is 1.00. The predicted octanol–water partition coefficient (Wildman–Crippen LogP) is 2.00. The van der Waals surface area contributed by atoms with Gasteiger partial charge in [0.2, 0.25) is 0 Å². The van der Waals surface area contributed by atoms with Gasteiger partial charge in [-0.15, -0.1) is 0 Å². The summed E-state index contributed by atoms with van der Waals surface area (Å²) in [5, 5.41) is 0. The predicted molar refractivity (Wildman–Crippen MR) is 71.0 cm³/mol. The molecule has 0 spiro atoms. The Hall–Kier alpha value is -0.120. The zero-order chi connectivity index (χ0) is 12.3. The van der Waals surface area contributed by atoms with Gasteiger partial charge in [-0.25, -0.2) is 0 Å². The smallest absolute Gasteiger partial charge is 0.0707 e. The van der Waals surface area contributed by atoms with Crippen molar-refractivity contribution >= 4 is 0 Å². The maximum absolute atomic E-state index is 5.86. The lowest BCUT2D eigenvalue weighted by atomic mass is 9.84. The number of hydrogen-bond donors (Lipinski definition) is 1. The Balaban J connectivity index is 1.65. The van der Waals surface area contributed by atoms with Crippen molar-refractivity contribution in [1.82, 2.24) is 4.90 Å². The van der Waals surface area contributed by atoms with Crippen LogP contribution in [0.15, 0.2) is 0 Å². The molecule has 0 aromatic heterocycles. The van der Waals surface area contributed by atoms with Crippen molar-refractivity contribution in [3.8, 4) is 0 Å². The molecule has 0 amide bonds. The van der Waals surface area contributed by atoms with E-state index in [1.54, 1.807) is 0 Å². The van der Waals surface area contributed by atoms with E-state index in [1.807, 2.05) is 0 Å². The highest BCUT2D eigenvalue weighted by molar-refractivity contribution is 4.84. The normalized spacial score (nSPS) is 29.8. The maximum Gasteiger partial charge on any atom is 0.0707 e. The summed E-state index contributed by atoms with van der Waals surface area (Å²) in [6.07, 6.45) is 7.35. The zero-order valence-electron chi connectivity index (χ0n) is 11.5. The van der Waals surface area contributed by atoms with Gasteiger partial charge in [0.1, 0.15) is 0 Å². The Morgan fingerprint density at radius 1 is 1.18 bits per heavy atom. The molecule has 2 atom stereocenters. The summed E-state index contributed by atoms with van der Waals surface area (Å²) in [7, 11) is 0. The van der Waals surface area contributed by atoms with Crippen LogP contribution in [-0.4, -0.2) is 43.3 Å². The van der Waals surface area contributed by atoms with Gasteiger partial charge in [0.05, 0.1) is 12.2 Å². The molecule has 2 aliphatic heterocycles. The van der Waals surface area contributed by atoms with Crippen LogP contribution in [0.25, 0.3) is 0 Å². The second-order valence-corrected chi connectivity index (χ2v) is 6.52. The number of nitrogens with two attached hydrogens (primary N) is 1. The number of hydrogen-bond acceptors (Lipinski definition) is 3. The number of rotatable bonds is 6. The van der Waals surface area contributed by atoms with Gasteiger partial charge in [-0.1, -0.05) is 13.8 Å². The van der Waals surface area contributed by atoms with E-state index in [0.717, 1.165) is 26.1 Å². The van der Waals surface area contributed by atoms with Gasteiger partial charge >= 0.3 is 0 Å². The summed E-state index contributed by atoms with van der Waals surface area (Å²) in [6, 6.07) is 0. The zero-order valence-corrected chi connectivity index (χ0v) is 11.5. The molecule has 2 heterocycles. The first kappa shape index (κ1) is 13.3. The molecule has 3 nitrogen and oxygen atoms in total. The van der Waals surface area contributed by atoms with Gasteiger partial charge in [0.15, 0.2) is 0 Å². The minimum Gasteiger partial charge on any atom is -0.372 e. The monoisotopic (exact) mass is 240 g/mol. The van der Waals surface area contributed by atoms with Gasteiger partial charge in [-0.2, -0.15) is 0 Å². The standard InChI is InChI=1S/C14H28N2O/c1-14(2,7-8-15)6-3-9-16-10-12-4-5-13(11-16)17-12/h12-13H,3-11,15H2,1-2H3. The van der Waals surface area contributed by atoms with Crippen LogP contribution < -0.4 is 5.73 Å². The second kappa shape index (κ2) is 5.68. The van der Waals surface area contributed by atoms with E-state index in [9.17, 15) is 0 Å². The van der Waals surface area contributed by atoms with Crippen LogP contribution in [0.2, 0.25) is 0 Å². The fourth-order valence-corrected chi connectivity index (χ4v) is 3.18. The Morgan fingerprint density at radius 2 is 1.82 bits per heavy atom. The van der Waals surface area contributed by atoms with Gasteiger partial charge < -0.3 is 10.5 Å². The molecule has 2 aliphatic rings. The Labute approximate surface area is 106 Å². The van der Waals surface area contributed by atoms with E-state index < -0.39 is 0 Å². The minimum atomic E-state index is 0.417. The molecule has 2 saturated heterocycles. The molecule has 0 radical (unpaired) electrons. The SMILES string of the molecule is CC(C)(CCN)CCCN1CC2CCC(C1)O2. The van der Waals surface area contributed by atoms with Crippen LogP contribution in [0.5, 0.6) is 0 Å². The summed E-state index contributed by atoms with van der Waals surface area (Å²) in [5.74, 6) is 0. The van der Waals surface area contributed by atoms with Crippen LogP contribution in [0.3, 0.4) is 0 Å².